The summed E-state index contributed by atoms with van der Waals surface area (Å²) < 4.78 is 13.7. The maximum Gasteiger partial charge on any atom is 0.126 e. The van der Waals surface area contributed by atoms with Crippen molar-refractivity contribution in [2.24, 2.45) is 5.92 Å². The van der Waals surface area contributed by atoms with Crippen LogP contribution in [0.3, 0.4) is 0 Å². The van der Waals surface area contributed by atoms with Crippen LogP contribution in [0.2, 0.25) is 0 Å². The number of halogens is 1. The van der Waals surface area contributed by atoms with E-state index in [1.165, 1.54) is 18.9 Å². The molecule has 0 unspecified atom stereocenters. The minimum Gasteiger partial charge on any atom is -0.389 e. The summed E-state index contributed by atoms with van der Waals surface area (Å²) >= 11 is 0. The van der Waals surface area contributed by atoms with Crippen molar-refractivity contribution in [3.63, 3.8) is 0 Å². The maximum atomic E-state index is 13.7. The number of aliphatic hydroxyl groups excluding tert-OH is 1. The number of anilines is 1. The summed E-state index contributed by atoms with van der Waals surface area (Å²) in [5.74, 6) is 0.417. The fourth-order valence-corrected chi connectivity index (χ4v) is 3.08. The van der Waals surface area contributed by atoms with Crippen molar-refractivity contribution in [1.29, 1.82) is 0 Å². The summed E-state index contributed by atoms with van der Waals surface area (Å²) in [5.41, 5.74) is 2.25. The van der Waals surface area contributed by atoms with E-state index in [0.717, 1.165) is 25.3 Å². The Morgan fingerprint density at radius 2 is 2.00 bits per heavy atom. The van der Waals surface area contributed by atoms with Gasteiger partial charge in [-0.1, -0.05) is 0 Å². The normalized spacial score (nSPS) is 18.8. The van der Waals surface area contributed by atoms with Crippen molar-refractivity contribution in [1.82, 2.24) is 4.90 Å². The summed E-state index contributed by atoms with van der Waals surface area (Å²) in [4.78, 5) is 4.53. The Hall–Kier alpha value is -1.13. The zero-order valence-corrected chi connectivity index (χ0v) is 13.6. The van der Waals surface area contributed by atoms with E-state index in [4.69, 9.17) is 0 Å². The molecule has 1 saturated heterocycles. The number of rotatable bonds is 4. The smallest absolute Gasteiger partial charge is 0.126 e. The molecular formula is C17H27FN2O. The number of piperidine rings is 1. The first-order valence-electron chi connectivity index (χ1n) is 7.76. The van der Waals surface area contributed by atoms with Gasteiger partial charge in [0.1, 0.15) is 5.82 Å². The number of aliphatic hydroxyl groups is 1. The molecule has 21 heavy (non-hydrogen) atoms. The van der Waals surface area contributed by atoms with E-state index in [0.29, 0.717) is 17.0 Å². The van der Waals surface area contributed by atoms with Crippen molar-refractivity contribution in [2.45, 2.75) is 32.8 Å². The molecule has 0 aromatic heterocycles. The van der Waals surface area contributed by atoms with E-state index >= 15 is 0 Å². The Labute approximate surface area is 127 Å². The van der Waals surface area contributed by atoms with E-state index < -0.39 is 6.10 Å². The summed E-state index contributed by atoms with van der Waals surface area (Å²) in [5, 5.41) is 9.91. The number of likely N-dealkylation sites (tertiary alicyclic amines) is 1. The predicted molar refractivity (Wildman–Crippen MR) is 85.3 cm³/mol. The zero-order chi connectivity index (χ0) is 15.6. The molecule has 3 nitrogen and oxygen atoms in total. The van der Waals surface area contributed by atoms with Crippen molar-refractivity contribution in [3.8, 4) is 0 Å². The predicted octanol–water partition coefficient (Wildman–Crippen LogP) is 2.97. The average Bonchev–Trinajstić information content (AvgIpc) is 2.43. The van der Waals surface area contributed by atoms with Gasteiger partial charge in [0.25, 0.3) is 0 Å². The van der Waals surface area contributed by atoms with Gasteiger partial charge in [-0.25, -0.2) is 4.39 Å². The quantitative estimate of drug-likeness (QED) is 0.925. The van der Waals surface area contributed by atoms with E-state index in [1.54, 1.807) is 13.8 Å². The number of nitrogens with zero attached hydrogens (tertiary/aromatic N) is 2. The second-order valence-electron chi connectivity index (χ2n) is 6.46. The van der Waals surface area contributed by atoms with Gasteiger partial charge in [-0.2, -0.15) is 0 Å². The minimum absolute atomic E-state index is 0.248. The van der Waals surface area contributed by atoms with Gasteiger partial charge in [0.05, 0.1) is 6.10 Å². The third-order valence-electron chi connectivity index (χ3n) is 4.54. The molecule has 1 aliphatic heterocycles. The van der Waals surface area contributed by atoms with Crippen LogP contribution in [0.25, 0.3) is 0 Å². The Morgan fingerprint density at radius 3 is 2.57 bits per heavy atom. The van der Waals surface area contributed by atoms with Crippen LogP contribution in [0, 0.1) is 18.7 Å². The highest BCUT2D eigenvalue weighted by Crippen LogP contribution is 2.30. The van der Waals surface area contributed by atoms with Gasteiger partial charge in [-0.15, -0.1) is 0 Å². The number of benzene rings is 1. The fraction of sp³-hybridized carbons (Fsp3) is 0.647. The highest BCUT2D eigenvalue weighted by Gasteiger charge is 2.21. The van der Waals surface area contributed by atoms with Gasteiger partial charge < -0.3 is 14.9 Å². The topological polar surface area (TPSA) is 26.7 Å². The average molecular weight is 294 g/mol. The van der Waals surface area contributed by atoms with Crippen LogP contribution in [0.1, 0.15) is 37.0 Å². The molecule has 0 radical (unpaired) electrons. The molecule has 0 amide bonds. The van der Waals surface area contributed by atoms with E-state index in [1.807, 2.05) is 13.1 Å². The van der Waals surface area contributed by atoms with Crippen LogP contribution in [-0.4, -0.2) is 43.7 Å². The van der Waals surface area contributed by atoms with E-state index in [2.05, 4.69) is 16.8 Å². The first-order valence-corrected chi connectivity index (χ1v) is 7.76. The zero-order valence-electron chi connectivity index (χ0n) is 13.6. The van der Waals surface area contributed by atoms with Crippen LogP contribution in [0.5, 0.6) is 0 Å². The van der Waals surface area contributed by atoms with Crippen molar-refractivity contribution in [2.75, 3.05) is 38.6 Å². The van der Waals surface area contributed by atoms with Crippen molar-refractivity contribution >= 4 is 5.69 Å². The molecule has 118 valence electrons. The molecule has 1 aromatic carbocycles. The largest absolute Gasteiger partial charge is 0.389 e. The molecule has 1 N–H and O–H groups in total. The van der Waals surface area contributed by atoms with Crippen molar-refractivity contribution < 1.29 is 9.50 Å². The van der Waals surface area contributed by atoms with Gasteiger partial charge in [0.15, 0.2) is 0 Å². The van der Waals surface area contributed by atoms with E-state index in [9.17, 15) is 9.50 Å². The number of aryl methyl sites for hydroxylation is 1. The first kappa shape index (κ1) is 16.2. The second-order valence-corrected chi connectivity index (χ2v) is 6.46. The molecule has 1 heterocycles. The minimum atomic E-state index is -0.657. The fourth-order valence-electron chi connectivity index (χ4n) is 3.08. The second kappa shape index (κ2) is 6.75. The Bertz CT molecular complexity index is 482. The van der Waals surface area contributed by atoms with Gasteiger partial charge >= 0.3 is 0 Å². The third kappa shape index (κ3) is 3.95. The SMILES string of the molecule is Cc1cc(N(C)CC2CCN(C)CC2)c([C@H](C)O)cc1F. The third-order valence-corrected chi connectivity index (χ3v) is 4.54. The lowest BCUT2D eigenvalue weighted by atomic mass is 9.95. The molecule has 1 aromatic rings. The highest BCUT2D eigenvalue weighted by atomic mass is 19.1. The van der Waals surface area contributed by atoms with Crippen LogP contribution in [0.15, 0.2) is 12.1 Å². The summed E-state index contributed by atoms with van der Waals surface area (Å²) in [6.07, 6.45) is 1.74. The molecule has 4 heteroatoms. The van der Waals surface area contributed by atoms with Crippen LogP contribution >= 0.6 is 0 Å². The molecule has 2 rings (SSSR count). The summed E-state index contributed by atoms with van der Waals surface area (Å²) in [6, 6.07) is 3.33. The van der Waals surface area contributed by atoms with Gasteiger partial charge in [0.2, 0.25) is 0 Å². The van der Waals surface area contributed by atoms with Gasteiger partial charge in [-0.3, -0.25) is 0 Å². The monoisotopic (exact) mass is 294 g/mol. The summed E-state index contributed by atoms with van der Waals surface area (Å²) in [6.45, 7) is 6.71. The molecule has 1 atom stereocenters. The Morgan fingerprint density at radius 1 is 1.38 bits per heavy atom. The number of hydrogen-bond acceptors (Lipinski definition) is 3. The van der Waals surface area contributed by atoms with Crippen LogP contribution in [-0.2, 0) is 0 Å². The Kier molecular flexibility index (Phi) is 5.22. The molecule has 1 fully saturated rings. The lowest BCUT2D eigenvalue weighted by Gasteiger charge is -2.33. The summed E-state index contributed by atoms with van der Waals surface area (Å²) in [7, 11) is 4.20. The first-order chi connectivity index (χ1) is 9.88. The van der Waals surface area contributed by atoms with Crippen molar-refractivity contribution in [3.05, 3.63) is 29.1 Å². The van der Waals surface area contributed by atoms with E-state index in [-0.39, 0.29) is 5.82 Å². The number of hydrogen-bond donors (Lipinski definition) is 1. The standard InChI is InChI=1S/C17H27FN2O/c1-12-9-17(15(13(2)21)10-16(12)18)20(4)11-14-5-7-19(3)8-6-14/h9-10,13-14,21H,5-8,11H2,1-4H3/t13-/m0/s1. The molecule has 0 saturated carbocycles. The Balaban J connectivity index is 2.14. The van der Waals surface area contributed by atoms with Gasteiger partial charge in [-0.05, 0) is 70.4 Å². The molecule has 0 spiro atoms. The molecule has 0 bridgehead atoms. The lowest BCUT2D eigenvalue weighted by Crippen LogP contribution is -2.36. The molecule has 1 aliphatic rings. The highest BCUT2D eigenvalue weighted by molar-refractivity contribution is 5.56. The van der Waals surface area contributed by atoms with Crippen LogP contribution < -0.4 is 4.90 Å². The maximum absolute atomic E-state index is 13.7. The molecule has 0 aliphatic carbocycles. The van der Waals surface area contributed by atoms with Gasteiger partial charge in [0, 0.05) is 24.8 Å². The molecular weight excluding hydrogens is 267 g/mol. The van der Waals surface area contributed by atoms with Crippen LogP contribution in [0.4, 0.5) is 10.1 Å². The lowest BCUT2D eigenvalue weighted by molar-refractivity contribution is 0.198.